The van der Waals surface area contributed by atoms with Gasteiger partial charge in [0.1, 0.15) is 5.69 Å². The molecule has 0 unspecified atom stereocenters. The predicted octanol–water partition coefficient (Wildman–Crippen LogP) is 1.81. The molecular formula is C12H17N3O4S. The molecule has 0 aliphatic carbocycles. The molecule has 0 radical (unpaired) electrons. The van der Waals surface area contributed by atoms with Gasteiger partial charge in [-0.3, -0.25) is 10.1 Å². The Morgan fingerprint density at radius 2 is 2.00 bits per heavy atom. The van der Waals surface area contributed by atoms with Crippen LogP contribution < -0.4 is 5.32 Å². The van der Waals surface area contributed by atoms with Crippen molar-refractivity contribution in [2.24, 2.45) is 0 Å². The maximum Gasteiger partial charge on any atom is 0.292 e. The molecule has 1 saturated heterocycles. The van der Waals surface area contributed by atoms with Gasteiger partial charge in [0.15, 0.2) is 0 Å². The lowest BCUT2D eigenvalue weighted by molar-refractivity contribution is -0.384. The van der Waals surface area contributed by atoms with E-state index in [-0.39, 0.29) is 16.3 Å². The highest BCUT2D eigenvalue weighted by atomic mass is 32.2. The van der Waals surface area contributed by atoms with Crippen molar-refractivity contribution in [3.05, 3.63) is 28.3 Å². The van der Waals surface area contributed by atoms with E-state index in [0.29, 0.717) is 19.6 Å². The molecule has 1 aliphatic rings. The van der Waals surface area contributed by atoms with E-state index in [1.165, 1.54) is 22.5 Å². The van der Waals surface area contributed by atoms with Crippen molar-refractivity contribution in [1.82, 2.24) is 4.31 Å². The Balaban J connectivity index is 2.42. The zero-order valence-corrected chi connectivity index (χ0v) is 12.0. The zero-order chi connectivity index (χ0) is 14.8. The average Bonchev–Trinajstić information content (AvgIpc) is 2.93. The number of rotatable bonds is 5. The van der Waals surface area contributed by atoms with Gasteiger partial charge in [0.25, 0.3) is 5.69 Å². The van der Waals surface area contributed by atoms with Crippen molar-refractivity contribution in [1.29, 1.82) is 0 Å². The van der Waals surface area contributed by atoms with Crippen LogP contribution in [0.5, 0.6) is 0 Å². The van der Waals surface area contributed by atoms with Crippen LogP contribution in [0.1, 0.15) is 19.8 Å². The Bertz CT molecular complexity index is 609. The third-order valence-electron chi connectivity index (χ3n) is 3.23. The van der Waals surface area contributed by atoms with Crippen LogP contribution in [0.15, 0.2) is 23.1 Å². The molecule has 0 aromatic heterocycles. The average molecular weight is 299 g/mol. The highest BCUT2D eigenvalue weighted by Gasteiger charge is 2.28. The minimum absolute atomic E-state index is 0.0981. The van der Waals surface area contributed by atoms with E-state index >= 15 is 0 Å². The number of benzene rings is 1. The van der Waals surface area contributed by atoms with Gasteiger partial charge in [0, 0.05) is 25.7 Å². The van der Waals surface area contributed by atoms with Crippen molar-refractivity contribution in [3.8, 4) is 0 Å². The van der Waals surface area contributed by atoms with E-state index in [4.69, 9.17) is 0 Å². The lowest BCUT2D eigenvalue weighted by atomic mass is 10.2. The maximum absolute atomic E-state index is 12.4. The van der Waals surface area contributed by atoms with Crippen LogP contribution in [0.4, 0.5) is 11.4 Å². The Hall–Kier alpha value is -1.67. The quantitative estimate of drug-likeness (QED) is 0.661. The summed E-state index contributed by atoms with van der Waals surface area (Å²) < 4.78 is 26.2. The van der Waals surface area contributed by atoms with Crippen LogP contribution in [0.3, 0.4) is 0 Å². The topological polar surface area (TPSA) is 92.6 Å². The van der Waals surface area contributed by atoms with E-state index in [1.54, 1.807) is 6.92 Å². The number of sulfonamides is 1. The van der Waals surface area contributed by atoms with Crippen LogP contribution >= 0.6 is 0 Å². The maximum atomic E-state index is 12.4. The van der Waals surface area contributed by atoms with Crippen molar-refractivity contribution in [2.45, 2.75) is 24.7 Å². The molecule has 7 nitrogen and oxygen atoms in total. The fourth-order valence-electron chi connectivity index (χ4n) is 2.24. The summed E-state index contributed by atoms with van der Waals surface area (Å²) in [5.74, 6) is 0. The highest BCUT2D eigenvalue weighted by Crippen LogP contribution is 2.29. The smallest absolute Gasteiger partial charge is 0.292 e. The molecule has 0 saturated carbocycles. The summed E-state index contributed by atoms with van der Waals surface area (Å²) in [6.45, 7) is 3.30. The number of nitrogens with one attached hydrogen (secondary N) is 1. The minimum atomic E-state index is -3.55. The Kier molecular flexibility index (Phi) is 4.24. The minimum Gasteiger partial charge on any atom is -0.380 e. The van der Waals surface area contributed by atoms with E-state index in [9.17, 15) is 18.5 Å². The molecule has 2 rings (SSSR count). The number of anilines is 1. The van der Waals surface area contributed by atoms with E-state index < -0.39 is 14.9 Å². The first kappa shape index (κ1) is 14.7. The highest BCUT2D eigenvalue weighted by molar-refractivity contribution is 7.89. The molecule has 1 aromatic carbocycles. The van der Waals surface area contributed by atoms with Crippen LogP contribution in [-0.4, -0.2) is 37.3 Å². The van der Waals surface area contributed by atoms with Crippen molar-refractivity contribution in [2.75, 3.05) is 25.0 Å². The van der Waals surface area contributed by atoms with E-state index in [1.807, 2.05) is 0 Å². The van der Waals surface area contributed by atoms with Crippen LogP contribution in [0, 0.1) is 10.1 Å². The monoisotopic (exact) mass is 299 g/mol. The largest absolute Gasteiger partial charge is 0.380 e. The predicted molar refractivity (Wildman–Crippen MR) is 75.3 cm³/mol. The summed E-state index contributed by atoms with van der Waals surface area (Å²) >= 11 is 0. The molecule has 0 bridgehead atoms. The van der Waals surface area contributed by atoms with E-state index in [2.05, 4.69) is 5.32 Å². The second-order valence-electron chi connectivity index (χ2n) is 4.58. The van der Waals surface area contributed by atoms with Gasteiger partial charge in [-0.2, -0.15) is 4.31 Å². The summed E-state index contributed by atoms with van der Waals surface area (Å²) in [4.78, 5) is 10.5. The van der Waals surface area contributed by atoms with Gasteiger partial charge in [-0.25, -0.2) is 8.42 Å². The van der Waals surface area contributed by atoms with Gasteiger partial charge in [-0.05, 0) is 31.9 Å². The van der Waals surface area contributed by atoms with Gasteiger partial charge in [-0.1, -0.05) is 0 Å². The molecule has 20 heavy (non-hydrogen) atoms. The molecule has 0 atom stereocenters. The Morgan fingerprint density at radius 3 is 2.55 bits per heavy atom. The van der Waals surface area contributed by atoms with Gasteiger partial charge in [0.05, 0.1) is 9.82 Å². The number of hydrogen-bond donors (Lipinski definition) is 1. The normalized spacial score (nSPS) is 16.2. The second-order valence-corrected chi connectivity index (χ2v) is 6.52. The summed E-state index contributed by atoms with van der Waals surface area (Å²) in [5, 5.41) is 13.8. The first-order valence-corrected chi connectivity index (χ1v) is 7.93. The van der Waals surface area contributed by atoms with E-state index in [0.717, 1.165) is 12.8 Å². The molecule has 1 aromatic rings. The number of hydrogen-bond acceptors (Lipinski definition) is 5. The first-order valence-electron chi connectivity index (χ1n) is 6.49. The van der Waals surface area contributed by atoms with Gasteiger partial charge < -0.3 is 5.32 Å². The molecule has 1 aliphatic heterocycles. The first-order chi connectivity index (χ1) is 9.46. The zero-order valence-electron chi connectivity index (χ0n) is 11.2. The fourth-order valence-corrected chi connectivity index (χ4v) is 3.79. The van der Waals surface area contributed by atoms with Crippen molar-refractivity contribution in [3.63, 3.8) is 0 Å². The molecule has 1 fully saturated rings. The van der Waals surface area contributed by atoms with Crippen LogP contribution in [0.25, 0.3) is 0 Å². The molecule has 0 spiro atoms. The second kappa shape index (κ2) is 5.76. The van der Waals surface area contributed by atoms with Crippen molar-refractivity contribution < 1.29 is 13.3 Å². The fraction of sp³-hybridized carbons (Fsp3) is 0.500. The van der Waals surface area contributed by atoms with Crippen molar-refractivity contribution >= 4 is 21.4 Å². The number of nitro benzene ring substituents is 1. The molecule has 1 N–H and O–H groups in total. The van der Waals surface area contributed by atoms with Crippen LogP contribution in [-0.2, 0) is 10.0 Å². The molecule has 0 amide bonds. The number of nitrogens with zero attached hydrogens (tertiary/aromatic N) is 2. The summed E-state index contributed by atoms with van der Waals surface area (Å²) in [7, 11) is -3.55. The Morgan fingerprint density at radius 1 is 1.35 bits per heavy atom. The van der Waals surface area contributed by atoms with Gasteiger partial charge in [-0.15, -0.1) is 0 Å². The lowest BCUT2D eigenvalue weighted by Crippen LogP contribution is -2.27. The molecule has 8 heteroatoms. The van der Waals surface area contributed by atoms with Gasteiger partial charge in [0.2, 0.25) is 10.0 Å². The third-order valence-corrected chi connectivity index (χ3v) is 5.13. The standard InChI is InChI=1S/C12H17N3O4S/c1-2-13-11-9-10(5-6-12(11)15(16)17)20(18,19)14-7-3-4-8-14/h5-6,9,13H,2-4,7-8H2,1H3. The third kappa shape index (κ3) is 2.75. The number of nitro groups is 1. The summed E-state index contributed by atoms with van der Waals surface area (Å²) in [6, 6.07) is 3.88. The van der Waals surface area contributed by atoms with Crippen LogP contribution in [0.2, 0.25) is 0 Å². The lowest BCUT2D eigenvalue weighted by Gasteiger charge is -2.16. The SMILES string of the molecule is CCNc1cc(S(=O)(=O)N2CCCC2)ccc1[N+](=O)[O-]. The molecular weight excluding hydrogens is 282 g/mol. The van der Waals surface area contributed by atoms with Gasteiger partial charge >= 0.3 is 0 Å². The molecule has 110 valence electrons. The Labute approximate surface area is 117 Å². The summed E-state index contributed by atoms with van der Waals surface area (Å²) in [5.41, 5.74) is 0.116. The molecule has 1 heterocycles. The summed E-state index contributed by atoms with van der Waals surface area (Å²) in [6.07, 6.45) is 1.71.